The second kappa shape index (κ2) is 4.83. The third-order valence-corrected chi connectivity index (χ3v) is 2.61. The molecule has 92 valence electrons. The number of hydrogen-bond donors (Lipinski definition) is 1. The molecule has 0 radical (unpaired) electrons. The third kappa shape index (κ3) is 2.45. The molecule has 0 bridgehead atoms. The molecule has 0 atom stereocenters. The van der Waals surface area contributed by atoms with Gasteiger partial charge in [0.05, 0.1) is 5.56 Å². The van der Waals surface area contributed by atoms with Crippen molar-refractivity contribution in [3.63, 3.8) is 0 Å². The number of benzene rings is 1. The van der Waals surface area contributed by atoms with E-state index in [4.69, 9.17) is 5.11 Å². The molecular formula is C13H13N3O2. The van der Waals surface area contributed by atoms with Crippen LogP contribution in [0, 0.1) is 6.92 Å². The maximum Gasteiger partial charge on any atom is 0.335 e. The monoisotopic (exact) mass is 243 g/mol. The van der Waals surface area contributed by atoms with Gasteiger partial charge in [0.15, 0.2) is 0 Å². The molecule has 1 aromatic heterocycles. The molecule has 0 amide bonds. The number of nitrogens with zero attached hydrogens (tertiary/aromatic N) is 3. The lowest BCUT2D eigenvalue weighted by atomic mass is 10.2. The largest absolute Gasteiger partial charge is 0.478 e. The lowest BCUT2D eigenvalue weighted by Crippen LogP contribution is -2.12. The highest BCUT2D eigenvalue weighted by Crippen LogP contribution is 2.21. The fourth-order valence-corrected chi connectivity index (χ4v) is 1.59. The molecule has 0 aliphatic rings. The van der Waals surface area contributed by atoms with E-state index in [0.29, 0.717) is 5.82 Å². The van der Waals surface area contributed by atoms with E-state index in [1.807, 2.05) is 18.9 Å². The van der Waals surface area contributed by atoms with Crippen molar-refractivity contribution in [3.05, 3.63) is 47.9 Å². The fraction of sp³-hybridized carbons (Fsp3) is 0.154. The second-order valence-corrected chi connectivity index (χ2v) is 3.87. The molecule has 0 unspecified atom stereocenters. The quantitative estimate of drug-likeness (QED) is 0.895. The minimum Gasteiger partial charge on any atom is -0.478 e. The Labute approximate surface area is 105 Å². The number of aryl methyl sites for hydroxylation is 1. The van der Waals surface area contributed by atoms with Gasteiger partial charge in [0.25, 0.3) is 0 Å². The number of carbonyl (C=O) groups is 1. The zero-order valence-corrected chi connectivity index (χ0v) is 10.2. The van der Waals surface area contributed by atoms with Gasteiger partial charge in [0, 0.05) is 18.9 Å². The first-order chi connectivity index (χ1) is 8.58. The summed E-state index contributed by atoms with van der Waals surface area (Å²) in [5, 5.41) is 8.83. The van der Waals surface area contributed by atoms with Crippen molar-refractivity contribution in [2.24, 2.45) is 0 Å². The molecule has 1 aromatic carbocycles. The SMILES string of the molecule is Cc1nccc(N(C)c2ccc(C(=O)O)cc2)n1. The normalized spacial score (nSPS) is 10.1. The van der Waals surface area contributed by atoms with E-state index >= 15 is 0 Å². The summed E-state index contributed by atoms with van der Waals surface area (Å²) in [5.41, 5.74) is 1.14. The lowest BCUT2D eigenvalue weighted by Gasteiger charge is -2.18. The predicted molar refractivity (Wildman–Crippen MR) is 68.2 cm³/mol. The molecule has 1 heterocycles. The maximum atomic E-state index is 10.8. The topological polar surface area (TPSA) is 66.3 Å². The third-order valence-electron chi connectivity index (χ3n) is 2.61. The van der Waals surface area contributed by atoms with Crippen molar-refractivity contribution >= 4 is 17.5 Å². The van der Waals surface area contributed by atoms with E-state index in [2.05, 4.69) is 9.97 Å². The van der Waals surface area contributed by atoms with Crippen LogP contribution in [-0.2, 0) is 0 Å². The van der Waals surface area contributed by atoms with Gasteiger partial charge in [-0.1, -0.05) is 0 Å². The van der Waals surface area contributed by atoms with Gasteiger partial charge in [0.2, 0.25) is 0 Å². The van der Waals surface area contributed by atoms with E-state index in [1.54, 1.807) is 36.5 Å². The molecule has 18 heavy (non-hydrogen) atoms. The number of aromatic nitrogens is 2. The maximum absolute atomic E-state index is 10.8. The second-order valence-electron chi connectivity index (χ2n) is 3.87. The van der Waals surface area contributed by atoms with E-state index < -0.39 is 5.97 Å². The predicted octanol–water partition coefficient (Wildman–Crippen LogP) is 2.25. The van der Waals surface area contributed by atoms with Crippen LogP contribution in [0.4, 0.5) is 11.5 Å². The molecule has 5 heteroatoms. The molecule has 0 aliphatic heterocycles. The Morgan fingerprint density at radius 1 is 1.22 bits per heavy atom. The van der Waals surface area contributed by atoms with Crippen molar-refractivity contribution in [3.8, 4) is 0 Å². The Bertz CT molecular complexity index is 567. The molecule has 2 rings (SSSR count). The first-order valence-electron chi connectivity index (χ1n) is 5.44. The summed E-state index contributed by atoms with van der Waals surface area (Å²) in [6, 6.07) is 8.45. The Balaban J connectivity index is 2.28. The minimum absolute atomic E-state index is 0.269. The van der Waals surface area contributed by atoms with Crippen LogP contribution in [0.3, 0.4) is 0 Å². The van der Waals surface area contributed by atoms with Gasteiger partial charge in [0.1, 0.15) is 11.6 Å². The van der Waals surface area contributed by atoms with E-state index in [-0.39, 0.29) is 5.56 Å². The summed E-state index contributed by atoms with van der Waals surface area (Å²) >= 11 is 0. The van der Waals surface area contributed by atoms with Crippen molar-refractivity contribution in [2.75, 3.05) is 11.9 Å². The average Bonchev–Trinajstić information content (AvgIpc) is 2.38. The van der Waals surface area contributed by atoms with Crippen LogP contribution < -0.4 is 4.90 Å². The van der Waals surface area contributed by atoms with Gasteiger partial charge < -0.3 is 10.0 Å². The van der Waals surface area contributed by atoms with Crippen LogP contribution in [0.25, 0.3) is 0 Å². The van der Waals surface area contributed by atoms with Crippen LogP contribution in [0.5, 0.6) is 0 Å². The molecule has 2 aromatic rings. The lowest BCUT2D eigenvalue weighted by molar-refractivity contribution is 0.0697. The average molecular weight is 243 g/mol. The van der Waals surface area contributed by atoms with Crippen LogP contribution in [0.15, 0.2) is 36.5 Å². The molecular weight excluding hydrogens is 230 g/mol. The summed E-state index contributed by atoms with van der Waals surface area (Å²) in [5.74, 6) is 0.536. The van der Waals surface area contributed by atoms with E-state index in [9.17, 15) is 4.79 Å². The van der Waals surface area contributed by atoms with Crippen LogP contribution in [-0.4, -0.2) is 28.1 Å². The van der Waals surface area contributed by atoms with Crippen molar-refractivity contribution in [1.82, 2.24) is 9.97 Å². The fourth-order valence-electron chi connectivity index (χ4n) is 1.59. The van der Waals surface area contributed by atoms with Crippen LogP contribution in [0.1, 0.15) is 16.2 Å². The summed E-state index contributed by atoms with van der Waals surface area (Å²) in [7, 11) is 1.87. The standard InChI is InChI=1S/C13H13N3O2/c1-9-14-8-7-12(15-9)16(2)11-5-3-10(4-6-11)13(17)18/h3-8H,1-2H3,(H,17,18). The highest BCUT2D eigenvalue weighted by molar-refractivity contribution is 5.88. The number of carboxylic acids is 1. The Hall–Kier alpha value is -2.43. The van der Waals surface area contributed by atoms with Crippen molar-refractivity contribution in [2.45, 2.75) is 6.92 Å². The van der Waals surface area contributed by atoms with E-state index in [0.717, 1.165) is 11.5 Å². The van der Waals surface area contributed by atoms with Crippen LogP contribution >= 0.6 is 0 Å². The summed E-state index contributed by atoms with van der Waals surface area (Å²) in [6.07, 6.45) is 1.69. The van der Waals surface area contributed by atoms with Crippen molar-refractivity contribution in [1.29, 1.82) is 0 Å². The number of hydrogen-bond acceptors (Lipinski definition) is 4. The smallest absolute Gasteiger partial charge is 0.335 e. The van der Waals surface area contributed by atoms with Gasteiger partial charge in [-0.3, -0.25) is 0 Å². The first-order valence-corrected chi connectivity index (χ1v) is 5.44. The van der Waals surface area contributed by atoms with E-state index in [1.165, 1.54) is 0 Å². The Kier molecular flexibility index (Phi) is 3.23. The zero-order chi connectivity index (χ0) is 13.1. The highest BCUT2D eigenvalue weighted by Gasteiger charge is 2.07. The van der Waals surface area contributed by atoms with Gasteiger partial charge in [-0.2, -0.15) is 0 Å². The minimum atomic E-state index is -0.929. The van der Waals surface area contributed by atoms with Gasteiger partial charge in [-0.05, 0) is 37.3 Å². The van der Waals surface area contributed by atoms with Crippen LogP contribution in [0.2, 0.25) is 0 Å². The molecule has 0 saturated heterocycles. The number of rotatable bonds is 3. The zero-order valence-electron chi connectivity index (χ0n) is 10.2. The summed E-state index contributed by atoms with van der Waals surface area (Å²) < 4.78 is 0. The van der Waals surface area contributed by atoms with Crippen molar-refractivity contribution < 1.29 is 9.90 Å². The molecule has 5 nitrogen and oxygen atoms in total. The first kappa shape index (κ1) is 12.0. The summed E-state index contributed by atoms with van der Waals surface area (Å²) in [6.45, 7) is 1.82. The molecule has 0 fully saturated rings. The highest BCUT2D eigenvalue weighted by atomic mass is 16.4. The number of carboxylic acid groups (broad SMARTS) is 1. The van der Waals surface area contributed by atoms with Gasteiger partial charge >= 0.3 is 5.97 Å². The number of anilines is 2. The Morgan fingerprint density at radius 3 is 2.44 bits per heavy atom. The molecule has 1 N–H and O–H groups in total. The summed E-state index contributed by atoms with van der Waals surface area (Å²) in [4.78, 5) is 21.0. The molecule has 0 spiro atoms. The molecule has 0 aliphatic carbocycles. The van der Waals surface area contributed by atoms with Gasteiger partial charge in [-0.25, -0.2) is 14.8 Å². The Morgan fingerprint density at radius 2 is 1.89 bits per heavy atom. The molecule has 0 saturated carbocycles. The number of aromatic carboxylic acids is 1. The van der Waals surface area contributed by atoms with Gasteiger partial charge in [-0.15, -0.1) is 0 Å².